The molecule has 0 amide bonds. The van der Waals surface area contributed by atoms with Crippen LogP contribution in [-0.2, 0) is 0 Å². The Labute approximate surface area is 231 Å². The van der Waals surface area contributed by atoms with Gasteiger partial charge in [-0.05, 0) is 73.2 Å². The van der Waals surface area contributed by atoms with E-state index in [0.717, 1.165) is 5.56 Å². The highest BCUT2D eigenvalue weighted by Crippen LogP contribution is 2.44. The summed E-state index contributed by atoms with van der Waals surface area (Å²) in [5.74, 6) is 0.378. The van der Waals surface area contributed by atoms with Crippen LogP contribution in [0.5, 0.6) is 34.5 Å². The summed E-state index contributed by atoms with van der Waals surface area (Å²) in [7, 11) is 1.39. The Morgan fingerprint density at radius 3 is 1.85 bits per heavy atom. The lowest BCUT2D eigenvalue weighted by Gasteiger charge is -2.14. The first-order valence-corrected chi connectivity index (χ1v) is 12.4. The Bertz CT molecular complexity index is 2070. The number of hydrogen-bond acceptors (Lipinski definition) is 9. The Balaban J connectivity index is 1.36. The molecule has 0 aliphatic rings. The molecule has 204 valence electrons. The van der Waals surface area contributed by atoms with Gasteiger partial charge in [0.15, 0.2) is 22.4 Å². The van der Waals surface area contributed by atoms with E-state index >= 15 is 0 Å². The van der Waals surface area contributed by atoms with Crippen LogP contribution in [0.25, 0.3) is 44.6 Å². The maximum atomic E-state index is 13.0. The number of phenols is 3. The van der Waals surface area contributed by atoms with Crippen LogP contribution in [0, 0.1) is 6.92 Å². The number of methoxy groups -OCH3 is 1. The number of ether oxygens (including phenoxy) is 2. The molecule has 9 nitrogen and oxygen atoms in total. The van der Waals surface area contributed by atoms with Crippen LogP contribution >= 0.6 is 0 Å². The molecule has 0 bridgehead atoms. The summed E-state index contributed by atoms with van der Waals surface area (Å²) in [6, 6.07) is 19.9. The largest absolute Gasteiger partial charge is 0.508 e. The lowest BCUT2D eigenvalue weighted by molar-refractivity contribution is 0.359. The van der Waals surface area contributed by atoms with Gasteiger partial charge in [0.1, 0.15) is 50.7 Å². The van der Waals surface area contributed by atoms with Crippen molar-refractivity contribution in [2.45, 2.75) is 6.92 Å². The third-order valence-electron chi connectivity index (χ3n) is 6.60. The molecule has 0 saturated heterocycles. The average molecular weight is 551 g/mol. The predicted molar refractivity (Wildman–Crippen MR) is 152 cm³/mol. The molecule has 6 aromatic rings. The third kappa shape index (κ3) is 4.59. The molecule has 0 atom stereocenters. The second-order valence-corrected chi connectivity index (χ2v) is 9.41. The number of fused-ring (bicyclic) bond motifs is 2. The van der Waals surface area contributed by atoms with E-state index < -0.39 is 11.2 Å². The number of aryl methyl sites for hydroxylation is 1. The van der Waals surface area contributed by atoms with Gasteiger partial charge in [-0.15, -0.1) is 0 Å². The van der Waals surface area contributed by atoms with Gasteiger partial charge < -0.3 is 33.6 Å². The summed E-state index contributed by atoms with van der Waals surface area (Å²) in [5, 5.41) is 30.8. The molecule has 0 saturated carbocycles. The number of phenolic OH excluding ortho intramolecular Hbond substituents is 3. The van der Waals surface area contributed by atoms with Crippen molar-refractivity contribution in [1.29, 1.82) is 0 Å². The van der Waals surface area contributed by atoms with Crippen LogP contribution in [0.4, 0.5) is 0 Å². The van der Waals surface area contributed by atoms with Gasteiger partial charge >= 0.3 is 0 Å². The molecule has 0 spiro atoms. The highest BCUT2D eigenvalue weighted by atomic mass is 16.5. The lowest BCUT2D eigenvalue weighted by atomic mass is 10.1. The van der Waals surface area contributed by atoms with Crippen molar-refractivity contribution in [3.05, 3.63) is 105 Å². The topological polar surface area (TPSA) is 140 Å². The summed E-state index contributed by atoms with van der Waals surface area (Å²) in [5.41, 5.74) is 1.37. The minimum absolute atomic E-state index is 0.0724. The number of hydrogen-bond donors (Lipinski definition) is 3. The van der Waals surface area contributed by atoms with E-state index in [0.29, 0.717) is 22.6 Å². The van der Waals surface area contributed by atoms with E-state index in [1.807, 2.05) is 0 Å². The van der Waals surface area contributed by atoms with E-state index in [1.165, 1.54) is 43.5 Å². The quantitative estimate of drug-likeness (QED) is 0.221. The van der Waals surface area contributed by atoms with E-state index in [-0.39, 0.29) is 56.1 Å². The van der Waals surface area contributed by atoms with Crippen LogP contribution in [0.15, 0.2) is 97.3 Å². The van der Waals surface area contributed by atoms with E-state index in [9.17, 15) is 24.9 Å². The maximum Gasteiger partial charge on any atom is 0.211 e. The van der Waals surface area contributed by atoms with Crippen molar-refractivity contribution in [1.82, 2.24) is 0 Å². The van der Waals surface area contributed by atoms with Crippen LogP contribution in [0.2, 0.25) is 0 Å². The fraction of sp³-hybridized carbons (Fsp3) is 0.0625. The van der Waals surface area contributed by atoms with E-state index in [1.54, 1.807) is 49.4 Å². The number of benzene rings is 4. The van der Waals surface area contributed by atoms with Crippen LogP contribution in [0.1, 0.15) is 5.56 Å². The van der Waals surface area contributed by atoms with Crippen molar-refractivity contribution in [2.24, 2.45) is 0 Å². The van der Waals surface area contributed by atoms with Gasteiger partial charge in [-0.3, -0.25) is 9.59 Å². The first-order valence-electron chi connectivity index (χ1n) is 12.4. The van der Waals surface area contributed by atoms with Crippen LogP contribution < -0.4 is 20.3 Å². The molecule has 3 N–H and O–H groups in total. The molecule has 2 heterocycles. The lowest BCUT2D eigenvalue weighted by Crippen LogP contribution is -2.03. The molecule has 0 fully saturated rings. The summed E-state index contributed by atoms with van der Waals surface area (Å²) in [4.78, 5) is 25.7. The predicted octanol–water partition coefficient (Wildman–Crippen LogP) is 6.46. The first kappa shape index (κ1) is 25.6. The highest BCUT2D eigenvalue weighted by molar-refractivity contribution is 5.90. The highest BCUT2D eigenvalue weighted by Gasteiger charge is 2.21. The molecule has 4 aromatic carbocycles. The zero-order valence-electron chi connectivity index (χ0n) is 21.8. The Kier molecular flexibility index (Phi) is 6.11. The molecule has 0 aliphatic carbocycles. The molecular weight excluding hydrogens is 528 g/mol. The molecule has 0 aliphatic heterocycles. The van der Waals surface area contributed by atoms with Gasteiger partial charge in [0.2, 0.25) is 5.75 Å². The first-order chi connectivity index (χ1) is 19.7. The molecule has 2 aromatic heterocycles. The van der Waals surface area contributed by atoms with Crippen LogP contribution in [0.3, 0.4) is 0 Å². The van der Waals surface area contributed by atoms with Crippen molar-refractivity contribution in [3.8, 4) is 57.1 Å². The number of aromatic hydroxyl groups is 3. The maximum absolute atomic E-state index is 13.0. The zero-order chi connectivity index (χ0) is 28.8. The second-order valence-electron chi connectivity index (χ2n) is 9.41. The third-order valence-corrected chi connectivity index (χ3v) is 6.60. The summed E-state index contributed by atoms with van der Waals surface area (Å²) < 4.78 is 23.1. The van der Waals surface area contributed by atoms with Gasteiger partial charge in [0, 0.05) is 29.3 Å². The Hall–Kier alpha value is -5.70. The Morgan fingerprint density at radius 1 is 0.683 bits per heavy atom. The van der Waals surface area contributed by atoms with Crippen molar-refractivity contribution < 1.29 is 33.6 Å². The summed E-state index contributed by atoms with van der Waals surface area (Å²) >= 11 is 0. The minimum Gasteiger partial charge on any atom is -0.508 e. The second kappa shape index (κ2) is 9.80. The van der Waals surface area contributed by atoms with Gasteiger partial charge in [0.25, 0.3) is 0 Å². The summed E-state index contributed by atoms with van der Waals surface area (Å²) in [6.45, 7) is 1.78. The average Bonchev–Trinajstić information content (AvgIpc) is 2.94. The van der Waals surface area contributed by atoms with Gasteiger partial charge in [-0.2, -0.15) is 0 Å². The minimum atomic E-state index is -0.498. The fourth-order valence-corrected chi connectivity index (χ4v) is 4.63. The Morgan fingerprint density at radius 2 is 1.24 bits per heavy atom. The molecule has 41 heavy (non-hydrogen) atoms. The molecule has 0 radical (unpaired) electrons. The van der Waals surface area contributed by atoms with E-state index in [2.05, 4.69) is 0 Å². The SMILES string of the molecule is COc1cc2oc(-c3ccc(O)cc3)cc(=O)c2c(O)c1Oc1ccc(-c2cc(=O)c3c(O)cc(C)cc3o2)cc1. The fourth-order valence-electron chi connectivity index (χ4n) is 4.63. The van der Waals surface area contributed by atoms with Crippen molar-refractivity contribution >= 4 is 21.9 Å². The van der Waals surface area contributed by atoms with Crippen LogP contribution in [-0.4, -0.2) is 22.4 Å². The number of rotatable bonds is 5. The van der Waals surface area contributed by atoms with Gasteiger partial charge in [0.05, 0.1) is 7.11 Å². The van der Waals surface area contributed by atoms with Gasteiger partial charge in [-0.25, -0.2) is 0 Å². The van der Waals surface area contributed by atoms with Gasteiger partial charge in [-0.1, -0.05) is 0 Å². The van der Waals surface area contributed by atoms with Crippen molar-refractivity contribution in [3.63, 3.8) is 0 Å². The molecule has 6 rings (SSSR count). The standard InChI is InChI=1S/C32H22O9/c1-16-11-21(34)29-22(35)13-24(40-26(29)12-16)18-5-9-20(10-6-18)39-32-28(38-2)15-27-30(31(32)37)23(36)14-25(41-27)17-3-7-19(33)8-4-17/h3-15,33-34,37H,1-2H3. The van der Waals surface area contributed by atoms with Crippen molar-refractivity contribution in [2.75, 3.05) is 7.11 Å². The molecule has 9 heteroatoms. The normalized spacial score (nSPS) is 11.2. The monoisotopic (exact) mass is 550 g/mol. The van der Waals surface area contributed by atoms with E-state index in [4.69, 9.17) is 18.3 Å². The summed E-state index contributed by atoms with van der Waals surface area (Å²) in [6.07, 6.45) is 0. The zero-order valence-corrected chi connectivity index (χ0v) is 21.8. The molecular formula is C32H22O9. The molecule has 0 unspecified atom stereocenters. The smallest absolute Gasteiger partial charge is 0.211 e.